The first-order valence-corrected chi connectivity index (χ1v) is 3.82. The van der Waals surface area contributed by atoms with Crippen molar-refractivity contribution in [3.63, 3.8) is 0 Å². The molecule has 0 fully saturated rings. The molecular weight excluding hydrogens is 160 g/mol. The molecule has 11 heavy (non-hydrogen) atoms. The van der Waals surface area contributed by atoms with Crippen LogP contribution in [0.3, 0.4) is 0 Å². The highest BCUT2D eigenvalue weighted by atomic mass is 35.5. The first-order valence-electron chi connectivity index (χ1n) is 3.44. The summed E-state index contributed by atoms with van der Waals surface area (Å²) in [6, 6.07) is 0. The fourth-order valence-corrected chi connectivity index (χ4v) is 1.20. The Morgan fingerprint density at radius 1 is 1.55 bits per heavy atom. The maximum absolute atomic E-state index is 11.0. The van der Waals surface area contributed by atoms with E-state index in [0.717, 1.165) is 0 Å². The van der Waals surface area contributed by atoms with E-state index in [1.54, 1.807) is 6.08 Å². The highest BCUT2D eigenvalue weighted by molar-refractivity contribution is 6.33. The third-order valence-electron chi connectivity index (χ3n) is 1.52. The Morgan fingerprint density at radius 3 is 2.91 bits per heavy atom. The van der Waals surface area contributed by atoms with Gasteiger partial charge in [-0.05, 0) is 19.4 Å². The number of ketones is 1. The van der Waals surface area contributed by atoms with Gasteiger partial charge in [0.15, 0.2) is 5.78 Å². The minimum absolute atomic E-state index is 0.0474. The molecule has 0 heterocycles. The van der Waals surface area contributed by atoms with Gasteiger partial charge in [-0.1, -0.05) is 29.8 Å². The summed E-state index contributed by atoms with van der Waals surface area (Å²) < 4.78 is 0. The van der Waals surface area contributed by atoms with E-state index in [1.165, 1.54) is 6.92 Å². The third-order valence-corrected chi connectivity index (χ3v) is 1.88. The summed E-state index contributed by atoms with van der Waals surface area (Å²) in [5.41, 5.74) is 0.691. The number of carbonyl (C=O) groups excluding carboxylic acids is 1. The number of Topliss-reactive ketones (excluding diaryl/α,β-unsaturated/α-hetero) is 1. The Labute approximate surface area is 71.0 Å². The fourth-order valence-electron chi connectivity index (χ4n) is 0.914. The van der Waals surface area contributed by atoms with Crippen molar-refractivity contribution in [1.82, 2.24) is 0 Å². The van der Waals surface area contributed by atoms with E-state index in [0.29, 0.717) is 17.0 Å². The Balaban J connectivity index is 2.98. The molecule has 0 radical (unpaired) electrons. The van der Waals surface area contributed by atoms with Gasteiger partial charge in [0.05, 0.1) is 0 Å². The van der Waals surface area contributed by atoms with E-state index in [2.05, 4.69) is 0 Å². The number of halogens is 1. The van der Waals surface area contributed by atoms with Crippen LogP contribution in [-0.4, -0.2) is 5.78 Å². The quantitative estimate of drug-likeness (QED) is 0.588. The summed E-state index contributed by atoms with van der Waals surface area (Å²) in [5.74, 6) is 0.0474. The molecule has 0 saturated carbocycles. The predicted octanol–water partition coefficient (Wildman–Crippen LogP) is 2.58. The zero-order valence-electron chi connectivity index (χ0n) is 6.30. The minimum Gasteiger partial charge on any atom is -0.295 e. The van der Waals surface area contributed by atoms with E-state index in [4.69, 9.17) is 11.6 Å². The summed E-state index contributed by atoms with van der Waals surface area (Å²) in [6.07, 6.45) is 8.02. The van der Waals surface area contributed by atoms with Gasteiger partial charge in [-0.3, -0.25) is 4.79 Å². The van der Waals surface area contributed by atoms with Crippen LogP contribution in [0, 0.1) is 0 Å². The zero-order chi connectivity index (χ0) is 8.27. The monoisotopic (exact) mass is 168 g/mol. The molecule has 58 valence electrons. The van der Waals surface area contributed by atoms with E-state index < -0.39 is 0 Å². The van der Waals surface area contributed by atoms with Gasteiger partial charge in [-0.15, -0.1) is 0 Å². The molecule has 0 bridgehead atoms. The largest absolute Gasteiger partial charge is 0.295 e. The molecule has 0 aromatic carbocycles. The molecule has 2 heteroatoms. The molecular formula is C9H9ClO. The SMILES string of the molecule is CC(=O)C1=C(Cl)C=CC=CC1. The molecule has 0 atom stereocenters. The van der Waals surface area contributed by atoms with Gasteiger partial charge >= 0.3 is 0 Å². The van der Waals surface area contributed by atoms with E-state index in [1.807, 2.05) is 18.2 Å². The van der Waals surface area contributed by atoms with Gasteiger partial charge in [-0.25, -0.2) is 0 Å². The smallest absolute Gasteiger partial charge is 0.157 e. The van der Waals surface area contributed by atoms with Crippen molar-refractivity contribution in [1.29, 1.82) is 0 Å². The Hall–Kier alpha value is -0.820. The number of carbonyl (C=O) groups is 1. The molecule has 1 aliphatic carbocycles. The van der Waals surface area contributed by atoms with E-state index in [9.17, 15) is 4.79 Å². The van der Waals surface area contributed by atoms with Crippen LogP contribution in [0.25, 0.3) is 0 Å². The summed E-state index contributed by atoms with van der Waals surface area (Å²) in [4.78, 5) is 11.0. The van der Waals surface area contributed by atoms with Crippen LogP contribution < -0.4 is 0 Å². The number of hydrogen-bond donors (Lipinski definition) is 0. The average Bonchev–Trinajstić information content (AvgIpc) is 2.13. The molecule has 0 unspecified atom stereocenters. The highest BCUT2D eigenvalue weighted by Gasteiger charge is 2.06. The van der Waals surface area contributed by atoms with Gasteiger partial charge in [0.25, 0.3) is 0 Å². The zero-order valence-corrected chi connectivity index (χ0v) is 7.06. The lowest BCUT2D eigenvalue weighted by Crippen LogP contribution is -1.96. The van der Waals surface area contributed by atoms with E-state index >= 15 is 0 Å². The lowest BCUT2D eigenvalue weighted by atomic mass is 10.1. The van der Waals surface area contributed by atoms with Crippen molar-refractivity contribution in [2.24, 2.45) is 0 Å². The van der Waals surface area contributed by atoms with Gasteiger partial charge in [0.1, 0.15) is 0 Å². The molecule has 1 nitrogen and oxygen atoms in total. The predicted molar refractivity (Wildman–Crippen MR) is 46.5 cm³/mol. The Kier molecular flexibility index (Phi) is 2.66. The number of allylic oxidation sites excluding steroid dienone is 6. The number of hydrogen-bond acceptors (Lipinski definition) is 1. The molecule has 0 aromatic rings. The fraction of sp³-hybridized carbons (Fsp3) is 0.222. The normalized spacial score (nSPS) is 16.9. The topological polar surface area (TPSA) is 17.1 Å². The lowest BCUT2D eigenvalue weighted by Gasteiger charge is -1.98. The standard InChI is InChI=1S/C9H9ClO/c1-7(11)8-5-3-2-4-6-9(8)10/h2-4,6H,5H2,1H3. The molecule has 0 aliphatic heterocycles. The van der Waals surface area contributed by atoms with Crippen LogP contribution in [-0.2, 0) is 4.79 Å². The molecule has 1 rings (SSSR count). The van der Waals surface area contributed by atoms with E-state index in [-0.39, 0.29) is 5.78 Å². The molecule has 0 spiro atoms. The van der Waals surface area contributed by atoms with Crippen LogP contribution in [0.2, 0.25) is 0 Å². The van der Waals surface area contributed by atoms with Gasteiger partial charge < -0.3 is 0 Å². The van der Waals surface area contributed by atoms with Crippen LogP contribution in [0.15, 0.2) is 34.9 Å². The Bertz CT molecular complexity index is 259. The maximum Gasteiger partial charge on any atom is 0.157 e. The van der Waals surface area contributed by atoms with Crippen molar-refractivity contribution in [3.05, 3.63) is 34.9 Å². The molecule has 0 amide bonds. The summed E-state index contributed by atoms with van der Waals surface area (Å²) in [6.45, 7) is 1.53. The van der Waals surface area contributed by atoms with Crippen molar-refractivity contribution in [3.8, 4) is 0 Å². The molecule has 1 aliphatic rings. The highest BCUT2D eigenvalue weighted by Crippen LogP contribution is 2.18. The third kappa shape index (κ3) is 2.05. The summed E-state index contributed by atoms with van der Waals surface area (Å²) >= 11 is 5.81. The Morgan fingerprint density at radius 2 is 2.27 bits per heavy atom. The van der Waals surface area contributed by atoms with Crippen molar-refractivity contribution >= 4 is 17.4 Å². The van der Waals surface area contributed by atoms with Crippen molar-refractivity contribution in [2.45, 2.75) is 13.3 Å². The second-order valence-electron chi connectivity index (χ2n) is 2.37. The lowest BCUT2D eigenvalue weighted by molar-refractivity contribution is -0.113. The first kappa shape index (κ1) is 8.28. The van der Waals surface area contributed by atoms with Crippen LogP contribution in [0.1, 0.15) is 13.3 Å². The van der Waals surface area contributed by atoms with Crippen LogP contribution >= 0.6 is 11.6 Å². The minimum atomic E-state index is 0.0474. The molecule has 0 aromatic heterocycles. The first-order chi connectivity index (χ1) is 5.22. The second kappa shape index (κ2) is 3.54. The van der Waals surface area contributed by atoms with Gasteiger partial charge in [0.2, 0.25) is 0 Å². The van der Waals surface area contributed by atoms with Crippen LogP contribution in [0.4, 0.5) is 0 Å². The van der Waals surface area contributed by atoms with Gasteiger partial charge in [0, 0.05) is 10.6 Å². The summed E-state index contributed by atoms with van der Waals surface area (Å²) in [5, 5.41) is 0.558. The summed E-state index contributed by atoms with van der Waals surface area (Å²) in [7, 11) is 0. The van der Waals surface area contributed by atoms with Crippen molar-refractivity contribution in [2.75, 3.05) is 0 Å². The van der Waals surface area contributed by atoms with Crippen molar-refractivity contribution < 1.29 is 4.79 Å². The van der Waals surface area contributed by atoms with Gasteiger partial charge in [-0.2, -0.15) is 0 Å². The average molecular weight is 169 g/mol. The molecule has 0 N–H and O–H groups in total. The second-order valence-corrected chi connectivity index (χ2v) is 2.78. The van der Waals surface area contributed by atoms with Crippen LogP contribution in [0.5, 0.6) is 0 Å². The molecule has 0 saturated heterocycles. The number of rotatable bonds is 1. The maximum atomic E-state index is 11.0.